The summed E-state index contributed by atoms with van der Waals surface area (Å²) < 4.78 is 7.54. The van der Waals surface area contributed by atoms with Crippen LogP contribution >= 0.6 is 0 Å². The van der Waals surface area contributed by atoms with Gasteiger partial charge in [0.15, 0.2) is 12.4 Å². The van der Waals surface area contributed by atoms with Gasteiger partial charge in [-0.3, -0.25) is 9.59 Å². The summed E-state index contributed by atoms with van der Waals surface area (Å²) in [6.07, 6.45) is 4.39. The van der Waals surface area contributed by atoms with E-state index in [-0.39, 0.29) is 25.0 Å². The van der Waals surface area contributed by atoms with Crippen LogP contribution in [0.15, 0.2) is 54.6 Å². The van der Waals surface area contributed by atoms with E-state index in [0.29, 0.717) is 11.4 Å². The van der Waals surface area contributed by atoms with E-state index < -0.39 is 0 Å². The third kappa shape index (κ3) is 5.48. The predicted molar refractivity (Wildman–Crippen MR) is 117 cm³/mol. The maximum Gasteiger partial charge on any atom is 0.258 e. The molecule has 0 atom stereocenters. The number of nitrogens with one attached hydrogen (secondary N) is 2. The SMILES string of the molecule is O=C(COc1ccccc1)NCC(=O)Nc1cccc(-c2nnc3n2CCCCC3)c1. The van der Waals surface area contributed by atoms with E-state index in [1.165, 1.54) is 6.42 Å². The Morgan fingerprint density at radius 1 is 0.968 bits per heavy atom. The number of aryl methyl sites for hydroxylation is 1. The first-order valence-corrected chi connectivity index (χ1v) is 10.5. The number of carbonyl (C=O) groups is 2. The van der Waals surface area contributed by atoms with Gasteiger partial charge in [-0.15, -0.1) is 10.2 Å². The highest BCUT2D eigenvalue weighted by atomic mass is 16.5. The Morgan fingerprint density at radius 3 is 2.71 bits per heavy atom. The number of benzene rings is 2. The van der Waals surface area contributed by atoms with Crippen molar-refractivity contribution in [2.75, 3.05) is 18.5 Å². The number of aromatic nitrogens is 3. The van der Waals surface area contributed by atoms with Crippen molar-refractivity contribution in [1.82, 2.24) is 20.1 Å². The van der Waals surface area contributed by atoms with Crippen molar-refractivity contribution in [2.24, 2.45) is 0 Å². The quantitative estimate of drug-likeness (QED) is 0.614. The lowest BCUT2D eigenvalue weighted by molar-refractivity contribution is -0.125. The number of fused-ring (bicyclic) bond motifs is 1. The molecule has 0 unspecified atom stereocenters. The van der Waals surface area contributed by atoms with Crippen LogP contribution < -0.4 is 15.4 Å². The maximum absolute atomic E-state index is 12.3. The lowest BCUT2D eigenvalue weighted by Crippen LogP contribution is -2.35. The third-order valence-corrected chi connectivity index (χ3v) is 5.07. The topological polar surface area (TPSA) is 98.1 Å². The summed E-state index contributed by atoms with van der Waals surface area (Å²) in [7, 11) is 0. The molecule has 1 aliphatic rings. The fraction of sp³-hybridized carbons (Fsp3) is 0.304. The van der Waals surface area contributed by atoms with Crippen LogP contribution in [0.25, 0.3) is 11.4 Å². The summed E-state index contributed by atoms with van der Waals surface area (Å²) >= 11 is 0. The summed E-state index contributed by atoms with van der Waals surface area (Å²) in [5.74, 6) is 1.76. The number of ether oxygens (including phenoxy) is 1. The van der Waals surface area contributed by atoms with Gasteiger partial charge in [-0.2, -0.15) is 0 Å². The molecule has 2 aromatic carbocycles. The summed E-state index contributed by atoms with van der Waals surface area (Å²) in [5, 5.41) is 14.1. The highest BCUT2D eigenvalue weighted by Crippen LogP contribution is 2.24. The van der Waals surface area contributed by atoms with Gasteiger partial charge in [-0.25, -0.2) is 0 Å². The van der Waals surface area contributed by atoms with E-state index >= 15 is 0 Å². The standard InChI is InChI=1S/C23H25N5O3/c29-21(15-24-22(30)16-31-19-10-3-1-4-11-19)25-18-9-7-8-17(14-18)23-27-26-20-12-5-2-6-13-28(20)23/h1,3-4,7-11,14H,2,5-6,12-13,15-16H2,(H,24,30)(H,25,29). The molecule has 0 saturated carbocycles. The highest BCUT2D eigenvalue weighted by Gasteiger charge is 2.16. The van der Waals surface area contributed by atoms with Crippen LogP contribution in [0.2, 0.25) is 0 Å². The number of rotatable bonds is 7. The molecule has 0 bridgehead atoms. The van der Waals surface area contributed by atoms with Crippen LogP contribution in [0, 0.1) is 0 Å². The molecule has 0 aliphatic carbocycles. The molecule has 2 amide bonds. The van der Waals surface area contributed by atoms with Crippen molar-refractivity contribution in [3.05, 3.63) is 60.4 Å². The van der Waals surface area contributed by atoms with Crippen LogP contribution in [0.4, 0.5) is 5.69 Å². The van der Waals surface area contributed by atoms with Gasteiger partial charge < -0.3 is 19.9 Å². The number of hydrogen-bond donors (Lipinski definition) is 2. The normalized spacial score (nSPS) is 13.0. The molecule has 0 radical (unpaired) electrons. The van der Waals surface area contributed by atoms with Crippen molar-refractivity contribution in [2.45, 2.75) is 32.2 Å². The number of para-hydroxylation sites is 1. The van der Waals surface area contributed by atoms with E-state index in [0.717, 1.165) is 43.0 Å². The molecule has 8 nitrogen and oxygen atoms in total. The maximum atomic E-state index is 12.3. The van der Waals surface area contributed by atoms with Crippen molar-refractivity contribution < 1.29 is 14.3 Å². The second-order valence-corrected chi connectivity index (χ2v) is 7.41. The summed E-state index contributed by atoms with van der Waals surface area (Å²) in [6, 6.07) is 16.6. The first-order chi connectivity index (χ1) is 15.2. The van der Waals surface area contributed by atoms with Gasteiger partial charge in [-0.1, -0.05) is 36.8 Å². The molecule has 31 heavy (non-hydrogen) atoms. The molecule has 1 aliphatic heterocycles. The fourth-order valence-corrected chi connectivity index (χ4v) is 3.54. The molecule has 4 rings (SSSR count). The van der Waals surface area contributed by atoms with Gasteiger partial charge in [0, 0.05) is 24.2 Å². The Balaban J connectivity index is 1.31. The van der Waals surface area contributed by atoms with Gasteiger partial charge in [0.05, 0.1) is 6.54 Å². The van der Waals surface area contributed by atoms with Crippen molar-refractivity contribution in [1.29, 1.82) is 0 Å². The average molecular weight is 419 g/mol. The van der Waals surface area contributed by atoms with E-state index in [9.17, 15) is 9.59 Å². The minimum atomic E-state index is -0.362. The number of nitrogens with zero attached hydrogens (tertiary/aromatic N) is 3. The van der Waals surface area contributed by atoms with E-state index in [1.807, 2.05) is 36.4 Å². The lowest BCUT2D eigenvalue weighted by atomic mass is 10.2. The summed E-state index contributed by atoms with van der Waals surface area (Å²) in [4.78, 5) is 24.2. The largest absolute Gasteiger partial charge is 0.484 e. The van der Waals surface area contributed by atoms with Crippen molar-refractivity contribution in [3.63, 3.8) is 0 Å². The van der Waals surface area contributed by atoms with Gasteiger partial charge >= 0.3 is 0 Å². The van der Waals surface area contributed by atoms with Gasteiger partial charge in [0.1, 0.15) is 11.6 Å². The van der Waals surface area contributed by atoms with E-state index in [1.54, 1.807) is 18.2 Å². The molecule has 160 valence electrons. The van der Waals surface area contributed by atoms with Gasteiger partial charge in [-0.05, 0) is 37.1 Å². The second-order valence-electron chi connectivity index (χ2n) is 7.41. The smallest absolute Gasteiger partial charge is 0.258 e. The first kappa shape index (κ1) is 20.6. The third-order valence-electron chi connectivity index (χ3n) is 5.07. The zero-order valence-electron chi connectivity index (χ0n) is 17.2. The molecular formula is C23H25N5O3. The first-order valence-electron chi connectivity index (χ1n) is 10.5. The number of carbonyl (C=O) groups excluding carboxylic acids is 2. The zero-order chi connectivity index (χ0) is 21.5. The average Bonchev–Trinajstić information content (AvgIpc) is 3.05. The summed E-state index contributed by atoms with van der Waals surface area (Å²) in [6.45, 7) is 0.623. The Labute approximate surface area is 180 Å². The minimum Gasteiger partial charge on any atom is -0.484 e. The minimum absolute atomic E-state index is 0.137. The Morgan fingerprint density at radius 2 is 1.84 bits per heavy atom. The number of anilines is 1. The molecule has 2 N–H and O–H groups in total. The molecule has 0 saturated heterocycles. The van der Waals surface area contributed by atoms with Crippen molar-refractivity contribution >= 4 is 17.5 Å². The Hall–Kier alpha value is -3.68. The summed E-state index contributed by atoms with van der Waals surface area (Å²) in [5.41, 5.74) is 1.54. The van der Waals surface area contributed by atoms with E-state index in [2.05, 4.69) is 25.4 Å². The fourth-order valence-electron chi connectivity index (χ4n) is 3.54. The molecule has 0 fully saturated rings. The number of amides is 2. The molecule has 2 heterocycles. The van der Waals surface area contributed by atoms with Gasteiger partial charge in [0.25, 0.3) is 5.91 Å². The molecule has 1 aromatic heterocycles. The van der Waals surface area contributed by atoms with Crippen LogP contribution in [0.5, 0.6) is 5.75 Å². The Kier molecular flexibility index (Phi) is 6.56. The van der Waals surface area contributed by atoms with Crippen LogP contribution in [-0.2, 0) is 22.6 Å². The Bertz CT molecular complexity index is 1050. The molecular weight excluding hydrogens is 394 g/mol. The number of hydrogen-bond acceptors (Lipinski definition) is 5. The van der Waals surface area contributed by atoms with Crippen molar-refractivity contribution in [3.8, 4) is 17.1 Å². The molecule has 0 spiro atoms. The van der Waals surface area contributed by atoms with Crippen LogP contribution in [0.3, 0.4) is 0 Å². The predicted octanol–water partition coefficient (Wildman–Crippen LogP) is 2.81. The molecule has 8 heteroatoms. The molecule has 3 aromatic rings. The van der Waals surface area contributed by atoms with Crippen LogP contribution in [-0.4, -0.2) is 39.7 Å². The zero-order valence-corrected chi connectivity index (χ0v) is 17.2. The second kappa shape index (κ2) is 9.88. The van der Waals surface area contributed by atoms with E-state index in [4.69, 9.17) is 4.74 Å². The van der Waals surface area contributed by atoms with Gasteiger partial charge in [0.2, 0.25) is 5.91 Å². The highest BCUT2D eigenvalue weighted by molar-refractivity contribution is 5.95. The lowest BCUT2D eigenvalue weighted by Gasteiger charge is -2.10. The van der Waals surface area contributed by atoms with Crippen LogP contribution in [0.1, 0.15) is 25.1 Å². The monoisotopic (exact) mass is 419 g/mol.